The maximum Gasteiger partial charge on any atom is 0.299 e. The summed E-state index contributed by atoms with van der Waals surface area (Å²) in [6.45, 7) is 3.92. The summed E-state index contributed by atoms with van der Waals surface area (Å²) < 4.78 is 7.67. The summed E-state index contributed by atoms with van der Waals surface area (Å²) >= 11 is 0. The lowest BCUT2D eigenvalue weighted by molar-refractivity contribution is 0.130. The van der Waals surface area contributed by atoms with Gasteiger partial charge in [0.25, 0.3) is 11.6 Å². The lowest BCUT2D eigenvalue weighted by Gasteiger charge is -2.28. The highest BCUT2D eigenvalue weighted by Gasteiger charge is 2.30. The Morgan fingerprint density at radius 3 is 2.85 bits per heavy atom. The maximum absolute atomic E-state index is 12.4. The van der Waals surface area contributed by atoms with E-state index in [0.717, 1.165) is 50.2 Å². The molecule has 4 rings (SSSR count). The molecule has 2 aliphatic heterocycles. The zero-order valence-corrected chi connectivity index (χ0v) is 11.8. The minimum absolute atomic E-state index is 0.0934. The first-order valence-electron chi connectivity index (χ1n) is 7.83. The number of piperidine rings is 1. The van der Waals surface area contributed by atoms with Crippen LogP contribution < -0.4 is 10.3 Å². The molecular weight excluding hydrogens is 254 g/mol. The molecule has 0 spiro atoms. The number of fused-ring (bicyclic) bond motifs is 2. The van der Waals surface area contributed by atoms with Crippen molar-refractivity contribution in [3.63, 3.8) is 0 Å². The zero-order chi connectivity index (χ0) is 13.5. The van der Waals surface area contributed by atoms with Crippen molar-refractivity contribution >= 4 is 0 Å². The van der Waals surface area contributed by atoms with Gasteiger partial charge in [-0.15, -0.1) is 0 Å². The SMILES string of the molecule is O=c1c2c(nc3n1CC(CN1CCCCC1)O3)CCC2. The second-order valence-corrected chi connectivity index (χ2v) is 6.19. The van der Waals surface area contributed by atoms with Crippen LogP contribution in [0.2, 0.25) is 0 Å². The van der Waals surface area contributed by atoms with Gasteiger partial charge in [-0.05, 0) is 45.2 Å². The molecule has 5 heteroatoms. The molecule has 1 fully saturated rings. The Hall–Kier alpha value is -1.36. The molecule has 1 saturated heterocycles. The third kappa shape index (κ3) is 2.04. The quantitative estimate of drug-likeness (QED) is 0.807. The van der Waals surface area contributed by atoms with Crippen molar-refractivity contribution in [3.05, 3.63) is 21.6 Å². The molecule has 0 bridgehead atoms. The lowest BCUT2D eigenvalue weighted by Crippen LogP contribution is -2.38. The van der Waals surface area contributed by atoms with Gasteiger partial charge in [-0.3, -0.25) is 14.3 Å². The van der Waals surface area contributed by atoms with Crippen LogP contribution in [-0.2, 0) is 19.4 Å². The molecule has 0 radical (unpaired) electrons. The van der Waals surface area contributed by atoms with Gasteiger partial charge < -0.3 is 4.74 Å². The standard InChI is InChI=1S/C15H21N3O2/c19-14-12-5-4-6-13(12)16-15-18(14)10-11(20-15)9-17-7-2-1-3-8-17/h11H,1-10H2. The van der Waals surface area contributed by atoms with E-state index in [-0.39, 0.29) is 11.7 Å². The van der Waals surface area contributed by atoms with Crippen molar-refractivity contribution in [3.8, 4) is 6.01 Å². The van der Waals surface area contributed by atoms with Crippen molar-refractivity contribution < 1.29 is 4.74 Å². The van der Waals surface area contributed by atoms with Crippen LogP contribution in [0.15, 0.2) is 4.79 Å². The molecule has 1 atom stereocenters. The van der Waals surface area contributed by atoms with Crippen LogP contribution in [0.25, 0.3) is 0 Å². The van der Waals surface area contributed by atoms with E-state index in [0.29, 0.717) is 12.6 Å². The van der Waals surface area contributed by atoms with Crippen LogP contribution in [0.4, 0.5) is 0 Å². The van der Waals surface area contributed by atoms with Crippen LogP contribution in [0.3, 0.4) is 0 Å². The summed E-state index contributed by atoms with van der Waals surface area (Å²) in [5.41, 5.74) is 2.04. The van der Waals surface area contributed by atoms with Crippen molar-refractivity contribution in [1.82, 2.24) is 14.5 Å². The Morgan fingerprint density at radius 2 is 2.00 bits per heavy atom. The Balaban J connectivity index is 1.52. The van der Waals surface area contributed by atoms with E-state index in [1.807, 2.05) is 0 Å². The molecule has 108 valence electrons. The topological polar surface area (TPSA) is 47.4 Å². The third-order valence-electron chi connectivity index (χ3n) is 4.72. The Bertz CT molecular complexity index is 575. The Labute approximate surface area is 118 Å². The van der Waals surface area contributed by atoms with E-state index in [9.17, 15) is 4.79 Å². The van der Waals surface area contributed by atoms with Crippen molar-refractivity contribution in [2.24, 2.45) is 0 Å². The summed E-state index contributed by atoms with van der Waals surface area (Å²) in [6.07, 6.45) is 6.87. The first kappa shape index (κ1) is 12.4. The van der Waals surface area contributed by atoms with E-state index in [4.69, 9.17) is 4.74 Å². The lowest BCUT2D eigenvalue weighted by atomic mass is 10.1. The summed E-state index contributed by atoms with van der Waals surface area (Å²) in [5, 5.41) is 0. The van der Waals surface area contributed by atoms with Crippen LogP contribution >= 0.6 is 0 Å². The van der Waals surface area contributed by atoms with E-state index in [1.54, 1.807) is 4.57 Å². The summed E-state index contributed by atoms with van der Waals surface area (Å²) in [5.74, 6) is 0. The van der Waals surface area contributed by atoms with Gasteiger partial charge in [0.2, 0.25) is 0 Å². The van der Waals surface area contributed by atoms with Gasteiger partial charge in [-0.2, -0.15) is 0 Å². The fraction of sp³-hybridized carbons (Fsp3) is 0.733. The summed E-state index contributed by atoms with van der Waals surface area (Å²) in [4.78, 5) is 19.4. The number of ether oxygens (including phenoxy) is 1. The molecule has 1 aromatic rings. The molecule has 20 heavy (non-hydrogen) atoms. The normalized spacial score (nSPS) is 25.3. The van der Waals surface area contributed by atoms with Gasteiger partial charge in [0.05, 0.1) is 12.2 Å². The molecule has 1 aliphatic carbocycles. The number of likely N-dealkylation sites (tertiary alicyclic amines) is 1. The number of aromatic nitrogens is 2. The van der Waals surface area contributed by atoms with Gasteiger partial charge in [-0.1, -0.05) is 6.42 Å². The molecule has 5 nitrogen and oxygen atoms in total. The van der Waals surface area contributed by atoms with Crippen molar-refractivity contribution in [1.29, 1.82) is 0 Å². The van der Waals surface area contributed by atoms with Gasteiger partial charge in [0, 0.05) is 12.1 Å². The Kier molecular flexibility index (Phi) is 3.02. The second-order valence-electron chi connectivity index (χ2n) is 6.19. The molecular formula is C15H21N3O2. The smallest absolute Gasteiger partial charge is 0.299 e. The first-order valence-corrected chi connectivity index (χ1v) is 7.83. The fourth-order valence-corrected chi connectivity index (χ4v) is 3.67. The molecule has 1 aromatic heterocycles. The predicted molar refractivity (Wildman–Crippen MR) is 75.2 cm³/mol. The Morgan fingerprint density at radius 1 is 1.15 bits per heavy atom. The third-order valence-corrected chi connectivity index (χ3v) is 4.72. The average Bonchev–Trinajstić information content (AvgIpc) is 3.07. The minimum Gasteiger partial charge on any atom is -0.458 e. The number of nitrogens with zero attached hydrogens (tertiary/aromatic N) is 3. The molecule has 0 N–H and O–H groups in total. The van der Waals surface area contributed by atoms with Gasteiger partial charge in [0.1, 0.15) is 6.10 Å². The molecule has 0 saturated carbocycles. The van der Waals surface area contributed by atoms with Crippen LogP contribution in [0.1, 0.15) is 36.9 Å². The molecule has 0 amide bonds. The first-order chi connectivity index (χ1) is 9.81. The number of rotatable bonds is 2. The van der Waals surface area contributed by atoms with Gasteiger partial charge >= 0.3 is 0 Å². The molecule has 1 unspecified atom stereocenters. The van der Waals surface area contributed by atoms with E-state index in [2.05, 4.69) is 9.88 Å². The summed E-state index contributed by atoms with van der Waals surface area (Å²) in [6, 6.07) is 0.553. The minimum atomic E-state index is 0.0934. The van der Waals surface area contributed by atoms with Crippen molar-refractivity contribution in [2.45, 2.75) is 51.2 Å². The van der Waals surface area contributed by atoms with E-state index < -0.39 is 0 Å². The molecule has 3 heterocycles. The number of hydrogen-bond acceptors (Lipinski definition) is 4. The molecule has 3 aliphatic rings. The van der Waals surface area contributed by atoms with Crippen LogP contribution in [-0.4, -0.2) is 40.2 Å². The van der Waals surface area contributed by atoms with Crippen LogP contribution in [0.5, 0.6) is 6.01 Å². The van der Waals surface area contributed by atoms with E-state index in [1.165, 1.54) is 19.3 Å². The molecule has 0 aromatic carbocycles. The maximum atomic E-state index is 12.4. The number of aryl methyl sites for hydroxylation is 1. The van der Waals surface area contributed by atoms with Gasteiger partial charge in [0.15, 0.2) is 0 Å². The van der Waals surface area contributed by atoms with E-state index >= 15 is 0 Å². The highest BCUT2D eigenvalue weighted by atomic mass is 16.5. The van der Waals surface area contributed by atoms with Crippen LogP contribution in [0, 0.1) is 0 Å². The predicted octanol–water partition coefficient (Wildman–Crippen LogP) is 0.979. The average molecular weight is 275 g/mol. The monoisotopic (exact) mass is 275 g/mol. The van der Waals surface area contributed by atoms with Crippen molar-refractivity contribution in [2.75, 3.05) is 19.6 Å². The fourth-order valence-electron chi connectivity index (χ4n) is 3.67. The zero-order valence-electron chi connectivity index (χ0n) is 11.8. The van der Waals surface area contributed by atoms with Gasteiger partial charge in [-0.25, -0.2) is 4.98 Å². The largest absolute Gasteiger partial charge is 0.458 e. The second kappa shape index (κ2) is 4.88. The summed E-state index contributed by atoms with van der Waals surface area (Å²) in [7, 11) is 0. The number of hydrogen-bond donors (Lipinski definition) is 0. The highest BCUT2D eigenvalue weighted by molar-refractivity contribution is 5.26. The highest BCUT2D eigenvalue weighted by Crippen LogP contribution is 2.24.